The number of hydrogen-bond acceptors (Lipinski definition) is 8. The number of thioether (sulfide) groups is 1. The molecule has 0 saturated carbocycles. The summed E-state index contributed by atoms with van der Waals surface area (Å²) in [6.45, 7) is 0. The molecule has 2 aromatic heterocycles. The molecule has 9 heteroatoms. The summed E-state index contributed by atoms with van der Waals surface area (Å²) in [5.41, 5.74) is 1.45. The highest BCUT2D eigenvalue weighted by Gasteiger charge is 2.12. The second kappa shape index (κ2) is 6.06. The lowest BCUT2D eigenvalue weighted by Gasteiger charge is -2.05. The summed E-state index contributed by atoms with van der Waals surface area (Å²) in [7, 11) is 3.58. The van der Waals surface area contributed by atoms with E-state index in [9.17, 15) is 5.11 Å². The lowest BCUT2D eigenvalue weighted by Crippen LogP contribution is -2.53. The molecule has 0 aliphatic heterocycles. The zero-order valence-corrected chi connectivity index (χ0v) is 12.8. The van der Waals surface area contributed by atoms with Crippen molar-refractivity contribution in [2.75, 3.05) is 24.9 Å². The van der Waals surface area contributed by atoms with E-state index in [0.29, 0.717) is 10.8 Å². The van der Waals surface area contributed by atoms with Crippen molar-refractivity contribution >= 4 is 34.6 Å². The third kappa shape index (κ3) is 3.19. The van der Waals surface area contributed by atoms with Crippen molar-refractivity contribution in [2.24, 2.45) is 4.99 Å². The van der Waals surface area contributed by atoms with Gasteiger partial charge in [-0.05, 0) is 18.0 Å². The highest BCUT2D eigenvalue weighted by atomic mass is 32.2. The number of nitrogens with zero attached hydrogens (tertiary/aromatic N) is 5. The van der Waals surface area contributed by atoms with Crippen LogP contribution in [0.25, 0.3) is 11.1 Å². The molecule has 3 aromatic rings. The fraction of sp³-hybridized carbons (Fsp3) is 0.231. The van der Waals surface area contributed by atoms with Gasteiger partial charge in [-0.15, -0.1) is 0 Å². The summed E-state index contributed by atoms with van der Waals surface area (Å²) in [4.78, 5) is 9.53. The van der Waals surface area contributed by atoms with E-state index < -0.39 is 0 Å². The van der Waals surface area contributed by atoms with Gasteiger partial charge in [0.15, 0.2) is 5.58 Å². The van der Waals surface area contributed by atoms with Crippen LogP contribution in [-0.4, -0.2) is 36.0 Å². The Hall–Kier alpha value is -2.55. The molecule has 8 nitrogen and oxygen atoms in total. The van der Waals surface area contributed by atoms with Gasteiger partial charge in [-0.3, -0.25) is 4.52 Å². The first-order valence-corrected chi connectivity index (χ1v) is 7.39. The molecule has 0 unspecified atom stereocenters. The number of benzene rings is 1. The molecule has 0 spiro atoms. The van der Waals surface area contributed by atoms with Gasteiger partial charge in [0.1, 0.15) is 5.52 Å². The van der Waals surface area contributed by atoms with Gasteiger partial charge < -0.3 is 9.52 Å². The Morgan fingerprint density at radius 2 is 2.23 bits per heavy atom. The van der Waals surface area contributed by atoms with Crippen LogP contribution in [0.4, 0.5) is 5.88 Å². The standard InChI is InChI=1S/C13H13N5O3S/c1-17(2)18-7-12(21-16-18)15-11(19)8-22-13-14-9-5-3-4-6-10(9)20-13/h3-7H,8H2,1-2H3. The summed E-state index contributed by atoms with van der Waals surface area (Å²) >= 11 is 1.19. The average Bonchev–Trinajstić information content (AvgIpc) is 3.11. The van der Waals surface area contributed by atoms with E-state index >= 15 is 0 Å². The molecule has 22 heavy (non-hydrogen) atoms. The Morgan fingerprint density at radius 3 is 2.95 bits per heavy atom. The summed E-state index contributed by atoms with van der Waals surface area (Å²) in [5.74, 6) is -0.0960. The van der Waals surface area contributed by atoms with Gasteiger partial charge in [-0.2, -0.15) is 5.01 Å². The number of fused-ring (bicyclic) bond motifs is 1. The van der Waals surface area contributed by atoms with E-state index in [-0.39, 0.29) is 17.5 Å². The normalized spacial score (nSPS) is 12.0. The molecule has 0 amide bonds. The zero-order chi connectivity index (χ0) is 15.5. The number of oxazole rings is 1. The van der Waals surface area contributed by atoms with E-state index in [2.05, 4.69) is 15.2 Å². The van der Waals surface area contributed by atoms with Crippen molar-refractivity contribution in [1.82, 2.24) is 10.3 Å². The molecule has 2 heterocycles. The third-order valence-corrected chi connectivity index (χ3v) is 3.49. The van der Waals surface area contributed by atoms with Crippen molar-refractivity contribution in [2.45, 2.75) is 5.22 Å². The molecule has 0 atom stereocenters. The molecule has 1 aromatic carbocycles. The SMILES string of the molecule is CN(C)[n+]1cc(/N=C(/[O-])CSc2nc3ccccc3o2)on1. The van der Waals surface area contributed by atoms with Gasteiger partial charge in [-0.25, -0.2) is 9.98 Å². The first-order valence-electron chi connectivity index (χ1n) is 6.41. The molecular weight excluding hydrogens is 306 g/mol. The van der Waals surface area contributed by atoms with Crippen LogP contribution in [0.1, 0.15) is 0 Å². The first-order chi connectivity index (χ1) is 10.6. The van der Waals surface area contributed by atoms with E-state index in [4.69, 9.17) is 8.94 Å². The van der Waals surface area contributed by atoms with Crippen LogP contribution < -0.4 is 14.9 Å². The second-order valence-corrected chi connectivity index (χ2v) is 5.48. The monoisotopic (exact) mass is 319 g/mol. The van der Waals surface area contributed by atoms with Crippen molar-refractivity contribution in [3.8, 4) is 0 Å². The Bertz CT molecular complexity index is 778. The van der Waals surface area contributed by atoms with Gasteiger partial charge in [0.05, 0.1) is 18.9 Å². The van der Waals surface area contributed by atoms with Crippen LogP contribution in [-0.2, 0) is 0 Å². The Kier molecular flexibility index (Phi) is 3.96. The van der Waals surface area contributed by atoms with Gasteiger partial charge in [-0.1, -0.05) is 23.9 Å². The van der Waals surface area contributed by atoms with E-state index in [1.807, 2.05) is 24.3 Å². The third-order valence-electron chi connectivity index (χ3n) is 2.68. The van der Waals surface area contributed by atoms with E-state index in [1.54, 1.807) is 19.1 Å². The summed E-state index contributed by atoms with van der Waals surface area (Å²) in [6.07, 6.45) is 1.52. The van der Waals surface area contributed by atoms with Gasteiger partial charge >= 0.3 is 5.88 Å². The molecule has 0 aliphatic carbocycles. The first kappa shape index (κ1) is 14.4. The molecule has 3 rings (SSSR count). The number of hydrogen-bond donors (Lipinski definition) is 0. The quantitative estimate of drug-likeness (QED) is 0.292. The fourth-order valence-electron chi connectivity index (χ4n) is 1.66. The lowest BCUT2D eigenvalue weighted by atomic mass is 10.3. The van der Waals surface area contributed by atoms with Gasteiger partial charge in [0.25, 0.3) is 11.4 Å². The van der Waals surface area contributed by atoms with Crippen LogP contribution in [0.5, 0.6) is 0 Å². The minimum atomic E-state index is -0.352. The van der Waals surface area contributed by atoms with Crippen LogP contribution in [0.3, 0.4) is 0 Å². The largest absolute Gasteiger partial charge is 0.861 e. The summed E-state index contributed by atoms with van der Waals surface area (Å²) in [5, 5.41) is 17.6. The lowest BCUT2D eigenvalue weighted by molar-refractivity contribution is -0.753. The summed E-state index contributed by atoms with van der Waals surface area (Å²) < 4.78 is 10.4. The second-order valence-electron chi connectivity index (χ2n) is 4.55. The van der Waals surface area contributed by atoms with E-state index in [1.165, 1.54) is 22.7 Å². The highest BCUT2D eigenvalue weighted by molar-refractivity contribution is 7.99. The summed E-state index contributed by atoms with van der Waals surface area (Å²) in [6, 6.07) is 7.42. The van der Waals surface area contributed by atoms with Gasteiger partial charge in [0.2, 0.25) is 5.27 Å². The predicted octanol–water partition coefficient (Wildman–Crippen LogP) is 0.483. The number of aromatic nitrogens is 3. The maximum Gasteiger partial charge on any atom is 0.324 e. The Labute approximate surface area is 130 Å². The molecule has 0 bridgehead atoms. The number of para-hydroxylation sites is 2. The van der Waals surface area contributed by atoms with Crippen LogP contribution >= 0.6 is 11.8 Å². The Morgan fingerprint density at radius 1 is 1.41 bits per heavy atom. The molecule has 0 aliphatic rings. The zero-order valence-electron chi connectivity index (χ0n) is 12.0. The van der Waals surface area contributed by atoms with Crippen LogP contribution in [0, 0.1) is 0 Å². The minimum absolute atomic E-state index is 0.107. The molecule has 114 valence electrons. The maximum absolute atomic E-state index is 11.8. The predicted molar refractivity (Wildman–Crippen MR) is 78.6 cm³/mol. The van der Waals surface area contributed by atoms with Crippen molar-refractivity contribution < 1.29 is 18.8 Å². The van der Waals surface area contributed by atoms with Crippen molar-refractivity contribution in [1.29, 1.82) is 0 Å². The van der Waals surface area contributed by atoms with Crippen LogP contribution in [0.2, 0.25) is 0 Å². The van der Waals surface area contributed by atoms with Crippen LogP contribution in [0.15, 0.2) is 49.6 Å². The molecule has 0 radical (unpaired) electrons. The smallest absolute Gasteiger partial charge is 0.324 e. The average molecular weight is 319 g/mol. The number of rotatable bonds is 5. The molecular formula is C13H13N5O3S. The molecule has 0 N–H and O–H groups in total. The minimum Gasteiger partial charge on any atom is -0.861 e. The Balaban J connectivity index is 1.65. The van der Waals surface area contributed by atoms with Crippen molar-refractivity contribution in [3.63, 3.8) is 0 Å². The van der Waals surface area contributed by atoms with Crippen molar-refractivity contribution in [3.05, 3.63) is 30.5 Å². The molecule has 0 saturated heterocycles. The highest BCUT2D eigenvalue weighted by Crippen LogP contribution is 2.23. The van der Waals surface area contributed by atoms with E-state index in [0.717, 1.165) is 5.52 Å². The molecule has 0 fully saturated rings. The van der Waals surface area contributed by atoms with Gasteiger partial charge in [0, 0.05) is 5.75 Å². The topological polar surface area (TPSA) is 94.6 Å². The number of aliphatic imine (C=N–C) groups is 1. The maximum atomic E-state index is 11.8. The fourth-order valence-corrected chi connectivity index (χ4v) is 2.28.